The van der Waals surface area contributed by atoms with Crippen LogP contribution in [0.15, 0.2) is 59.1 Å². The first-order chi connectivity index (χ1) is 10.1. The van der Waals surface area contributed by atoms with Gasteiger partial charge in [0.15, 0.2) is 0 Å². The van der Waals surface area contributed by atoms with E-state index in [0.717, 1.165) is 16.6 Å². The molecule has 0 fully saturated rings. The molecule has 2 aromatic rings. The fourth-order valence-corrected chi connectivity index (χ4v) is 2.59. The van der Waals surface area contributed by atoms with Crippen molar-refractivity contribution in [2.24, 2.45) is 5.73 Å². The molecule has 21 heavy (non-hydrogen) atoms. The molecule has 110 valence electrons. The molecule has 0 spiro atoms. The lowest BCUT2D eigenvalue weighted by molar-refractivity contribution is 0.361. The molecule has 0 aliphatic rings. The average molecular weight is 346 g/mol. The van der Waals surface area contributed by atoms with Gasteiger partial charge in [-0.05, 0) is 58.6 Å². The zero-order chi connectivity index (χ0) is 15.1. The highest BCUT2D eigenvalue weighted by atomic mass is 79.9. The minimum absolute atomic E-state index is 0.164. The van der Waals surface area contributed by atoms with Crippen molar-refractivity contribution < 1.29 is 4.74 Å². The van der Waals surface area contributed by atoms with Crippen molar-refractivity contribution in [2.75, 3.05) is 6.61 Å². The van der Waals surface area contributed by atoms with Crippen LogP contribution in [0.1, 0.15) is 18.1 Å². The van der Waals surface area contributed by atoms with E-state index in [1.54, 1.807) is 0 Å². The first-order valence-corrected chi connectivity index (χ1v) is 7.83. The van der Waals surface area contributed by atoms with Gasteiger partial charge >= 0.3 is 0 Å². The third-order valence-electron chi connectivity index (χ3n) is 3.00. The fourth-order valence-electron chi connectivity index (χ4n) is 2.05. The maximum atomic E-state index is 5.81. The molecule has 1 unspecified atom stereocenters. The van der Waals surface area contributed by atoms with Crippen LogP contribution in [0.3, 0.4) is 0 Å². The summed E-state index contributed by atoms with van der Waals surface area (Å²) in [5.74, 6) is 0.848. The average Bonchev–Trinajstić information content (AvgIpc) is 2.46. The molecule has 0 saturated heterocycles. The highest BCUT2D eigenvalue weighted by Gasteiger charge is 2.04. The van der Waals surface area contributed by atoms with E-state index >= 15 is 0 Å². The Morgan fingerprint density at radius 2 is 1.95 bits per heavy atom. The Morgan fingerprint density at radius 1 is 1.19 bits per heavy atom. The summed E-state index contributed by atoms with van der Waals surface area (Å²) >= 11 is 3.54. The van der Waals surface area contributed by atoms with Gasteiger partial charge in [0.25, 0.3) is 0 Å². The molecular weight excluding hydrogens is 326 g/mol. The maximum Gasteiger partial charge on any atom is 0.133 e. The Balaban J connectivity index is 1.90. The van der Waals surface area contributed by atoms with Gasteiger partial charge in [-0.15, -0.1) is 0 Å². The Kier molecular flexibility index (Phi) is 6.03. The van der Waals surface area contributed by atoms with Crippen LogP contribution >= 0.6 is 15.9 Å². The molecule has 3 heteroatoms. The monoisotopic (exact) mass is 345 g/mol. The number of hydrogen-bond acceptors (Lipinski definition) is 2. The van der Waals surface area contributed by atoms with Crippen LogP contribution in [0.25, 0.3) is 6.08 Å². The van der Waals surface area contributed by atoms with Crippen LogP contribution in [-0.4, -0.2) is 12.6 Å². The predicted octanol–water partition coefficient (Wildman–Crippen LogP) is 4.43. The van der Waals surface area contributed by atoms with Crippen molar-refractivity contribution in [3.8, 4) is 5.75 Å². The SMILES string of the molecule is CC(N)Cc1ccc(OCC=Cc2ccccc2)c(Br)c1. The Labute approximate surface area is 134 Å². The van der Waals surface area contributed by atoms with E-state index < -0.39 is 0 Å². The van der Waals surface area contributed by atoms with E-state index in [0.29, 0.717) is 6.61 Å². The van der Waals surface area contributed by atoms with Crippen molar-refractivity contribution >= 4 is 22.0 Å². The zero-order valence-corrected chi connectivity index (χ0v) is 13.7. The van der Waals surface area contributed by atoms with Crippen molar-refractivity contribution in [3.63, 3.8) is 0 Å². The second kappa shape index (κ2) is 8.01. The Bertz CT molecular complexity index is 593. The molecule has 0 amide bonds. The summed E-state index contributed by atoms with van der Waals surface area (Å²) in [5.41, 5.74) is 8.20. The minimum Gasteiger partial charge on any atom is -0.488 e. The summed E-state index contributed by atoms with van der Waals surface area (Å²) in [6, 6.07) is 16.5. The molecule has 0 bridgehead atoms. The number of nitrogens with two attached hydrogens (primary N) is 1. The van der Waals surface area contributed by atoms with Gasteiger partial charge in [0.1, 0.15) is 12.4 Å². The van der Waals surface area contributed by atoms with Crippen LogP contribution in [0.5, 0.6) is 5.75 Å². The Hall–Kier alpha value is -1.58. The van der Waals surface area contributed by atoms with Gasteiger partial charge in [0.05, 0.1) is 4.47 Å². The number of ether oxygens (including phenoxy) is 1. The zero-order valence-electron chi connectivity index (χ0n) is 12.1. The van der Waals surface area contributed by atoms with Crippen molar-refractivity contribution in [3.05, 3.63) is 70.2 Å². The second-order valence-corrected chi connectivity index (χ2v) is 5.92. The van der Waals surface area contributed by atoms with Crippen LogP contribution in [0.4, 0.5) is 0 Å². The smallest absolute Gasteiger partial charge is 0.133 e. The molecule has 2 nitrogen and oxygen atoms in total. The normalized spacial score (nSPS) is 12.5. The highest BCUT2D eigenvalue weighted by Crippen LogP contribution is 2.26. The summed E-state index contributed by atoms with van der Waals surface area (Å²) in [5, 5.41) is 0. The predicted molar refractivity (Wildman–Crippen MR) is 92.5 cm³/mol. The number of hydrogen-bond donors (Lipinski definition) is 1. The van der Waals surface area contributed by atoms with E-state index in [2.05, 4.69) is 46.3 Å². The molecule has 2 aromatic carbocycles. The van der Waals surface area contributed by atoms with Crippen molar-refractivity contribution in [1.82, 2.24) is 0 Å². The molecule has 0 aliphatic carbocycles. The fraction of sp³-hybridized carbons (Fsp3) is 0.222. The van der Waals surface area contributed by atoms with Crippen LogP contribution in [-0.2, 0) is 6.42 Å². The lowest BCUT2D eigenvalue weighted by atomic mass is 10.1. The lowest BCUT2D eigenvalue weighted by Crippen LogP contribution is -2.17. The third kappa shape index (κ3) is 5.37. The van der Waals surface area contributed by atoms with Crippen LogP contribution in [0.2, 0.25) is 0 Å². The first-order valence-electron chi connectivity index (χ1n) is 7.03. The van der Waals surface area contributed by atoms with Crippen molar-refractivity contribution in [2.45, 2.75) is 19.4 Å². The first kappa shape index (κ1) is 15.8. The Morgan fingerprint density at radius 3 is 2.62 bits per heavy atom. The summed E-state index contributed by atoms with van der Waals surface area (Å²) < 4.78 is 6.72. The topological polar surface area (TPSA) is 35.2 Å². The van der Waals surface area contributed by atoms with Gasteiger partial charge < -0.3 is 10.5 Å². The summed E-state index contributed by atoms with van der Waals surface area (Å²) in [6.07, 6.45) is 4.93. The van der Waals surface area contributed by atoms with E-state index in [4.69, 9.17) is 10.5 Å². The van der Waals surface area contributed by atoms with Gasteiger partial charge in [-0.25, -0.2) is 0 Å². The van der Waals surface area contributed by atoms with E-state index in [-0.39, 0.29) is 6.04 Å². The van der Waals surface area contributed by atoms with Gasteiger partial charge in [-0.1, -0.05) is 42.5 Å². The molecule has 0 radical (unpaired) electrons. The third-order valence-corrected chi connectivity index (χ3v) is 3.62. The summed E-state index contributed by atoms with van der Waals surface area (Å²) in [7, 11) is 0. The molecular formula is C18H20BrNO. The molecule has 0 heterocycles. The maximum absolute atomic E-state index is 5.81. The van der Waals surface area contributed by atoms with Gasteiger partial charge in [-0.2, -0.15) is 0 Å². The minimum atomic E-state index is 0.164. The van der Waals surface area contributed by atoms with Crippen molar-refractivity contribution in [1.29, 1.82) is 0 Å². The molecule has 1 atom stereocenters. The summed E-state index contributed by atoms with van der Waals surface area (Å²) in [6.45, 7) is 2.55. The number of halogens is 1. The van der Waals surface area contributed by atoms with Gasteiger partial charge in [0, 0.05) is 6.04 Å². The van der Waals surface area contributed by atoms with E-state index in [1.165, 1.54) is 11.1 Å². The molecule has 0 aromatic heterocycles. The van der Waals surface area contributed by atoms with Gasteiger partial charge in [-0.3, -0.25) is 0 Å². The summed E-state index contributed by atoms with van der Waals surface area (Å²) in [4.78, 5) is 0. The lowest BCUT2D eigenvalue weighted by Gasteiger charge is -2.09. The van der Waals surface area contributed by atoms with E-state index in [9.17, 15) is 0 Å². The second-order valence-electron chi connectivity index (χ2n) is 5.07. The van der Waals surface area contributed by atoms with E-state index in [1.807, 2.05) is 37.3 Å². The van der Waals surface area contributed by atoms with Crippen LogP contribution < -0.4 is 10.5 Å². The largest absolute Gasteiger partial charge is 0.488 e. The van der Waals surface area contributed by atoms with Gasteiger partial charge in [0.2, 0.25) is 0 Å². The molecule has 0 saturated carbocycles. The van der Waals surface area contributed by atoms with Crippen LogP contribution in [0, 0.1) is 0 Å². The number of rotatable bonds is 6. The molecule has 0 aliphatic heterocycles. The molecule has 2 rings (SSSR count). The molecule has 2 N–H and O–H groups in total. The highest BCUT2D eigenvalue weighted by molar-refractivity contribution is 9.10. The quantitative estimate of drug-likeness (QED) is 0.840. The number of benzene rings is 2. The standard InChI is InChI=1S/C18H20BrNO/c1-14(20)12-16-9-10-18(17(19)13-16)21-11-5-8-15-6-3-2-4-7-15/h2-10,13-14H,11-12,20H2,1H3.